The van der Waals surface area contributed by atoms with Crippen LogP contribution in [0.15, 0.2) is 42.7 Å². The van der Waals surface area contributed by atoms with E-state index in [2.05, 4.69) is 19.4 Å². The highest BCUT2D eigenvalue weighted by Crippen LogP contribution is 2.24. The molecule has 1 unspecified atom stereocenters. The second kappa shape index (κ2) is 7.51. The Labute approximate surface area is 152 Å². The Balaban J connectivity index is 1.53. The molecule has 0 saturated carbocycles. The van der Waals surface area contributed by atoms with Crippen LogP contribution < -0.4 is 0 Å². The van der Waals surface area contributed by atoms with Crippen LogP contribution in [0.2, 0.25) is 0 Å². The molecular weight excluding hydrogens is 331 g/mol. The van der Waals surface area contributed by atoms with E-state index in [1.807, 2.05) is 24.4 Å². The van der Waals surface area contributed by atoms with E-state index in [9.17, 15) is 4.39 Å². The summed E-state index contributed by atoms with van der Waals surface area (Å²) in [5, 5.41) is 0.802. The van der Waals surface area contributed by atoms with Gasteiger partial charge in [0.05, 0.1) is 6.61 Å². The number of nitrogens with zero attached hydrogens (tertiary/aromatic N) is 4. The minimum Gasteiger partial charge on any atom is -0.383 e. The topological polar surface area (TPSA) is 43.2 Å². The number of fused-ring (bicyclic) bond motifs is 1. The molecule has 1 fully saturated rings. The molecular formula is C20H23FN4O. The van der Waals surface area contributed by atoms with Gasteiger partial charge in [0.25, 0.3) is 0 Å². The Kier molecular flexibility index (Phi) is 4.95. The van der Waals surface area contributed by atoms with Gasteiger partial charge in [-0.1, -0.05) is 18.2 Å². The maximum atomic E-state index is 14.1. The van der Waals surface area contributed by atoms with Crippen molar-refractivity contribution in [2.45, 2.75) is 13.0 Å². The first kappa shape index (κ1) is 17.1. The summed E-state index contributed by atoms with van der Waals surface area (Å²) in [6.07, 6.45) is 4.95. The van der Waals surface area contributed by atoms with Crippen molar-refractivity contribution in [3.63, 3.8) is 0 Å². The Morgan fingerprint density at radius 3 is 3.08 bits per heavy atom. The van der Waals surface area contributed by atoms with Crippen molar-refractivity contribution in [2.75, 3.05) is 33.4 Å². The van der Waals surface area contributed by atoms with Crippen molar-refractivity contribution >= 4 is 10.9 Å². The molecule has 0 radical (unpaired) electrons. The van der Waals surface area contributed by atoms with Crippen LogP contribution in [0.5, 0.6) is 0 Å². The van der Waals surface area contributed by atoms with Crippen LogP contribution in [0, 0.1) is 11.7 Å². The maximum absolute atomic E-state index is 14.1. The molecule has 4 rings (SSSR count). The van der Waals surface area contributed by atoms with Crippen LogP contribution in [0.4, 0.5) is 4.39 Å². The third-order valence-electron chi connectivity index (χ3n) is 5.05. The molecule has 1 aliphatic heterocycles. The number of methoxy groups -OCH3 is 1. The maximum Gasteiger partial charge on any atom is 0.158 e. The molecule has 1 aliphatic rings. The van der Waals surface area contributed by atoms with Gasteiger partial charge in [-0.2, -0.15) is 0 Å². The third kappa shape index (κ3) is 3.48. The molecule has 2 aromatic heterocycles. The van der Waals surface area contributed by atoms with E-state index in [-0.39, 0.29) is 5.82 Å². The lowest BCUT2D eigenvalue weighted by atomic mass is 10.1. The van der Waals surface area contributed by atoms with Crippen molar-refractivity contribution in [2.24, 2.45) is 5.92 Å². The summed E-state index contributed by atoms with van der Waals surface area (Å²) >= 11 is 0. The minimum atomic E-state index is -0.299. The lowest BCUT2D eigenvalue weighted by Gasteiger charge is -2.16. The van der Waals surface area contributed by atoms with E-state index in [0.717, 1.165) is 44.0 Å². The third-order valence-corrected chi connectivity index (χ3v) is 5.05. The SMILES string of the molecule is COCCN1CCC(Cn2ccnc2-c2ccc3cccc(F)c3n2)C1. The highest BCUT2D eigenvalue weighted by Gasteiger charge is 2.23. The van der Waals surface area contributed by atoms with E-state index in [4.69, 9.17) is 4.74 Å². The highest BCUT2D eigenvalue weighted by molar-refractivity contribution is 5.81. The van der Waals surface area contributed by atoms with E-state index in [1.54, 1.807) is 19.4 Å². The van der Waals surface area contributed by atoms with Gasteiger partial charge in [-0.3, -0.25) is 0 Å². The largest absolute Gasteiger partial charge is 0.383 e. The zero-order valence-electron chi connectivity index (χ0n) is 14.9. The fourth-order valence-corrected chi connectivity index (χ4v) is 3.69. The first-order valence-electron chi connectivity index (χ1n) is 9.02. The van der Waals surface area contributed by atoms with Crippen molar-refractivity contribution in [3.8, 4) is 11.5 Å². The fourth-order valence-electron chi connectivity index (χ4n) is 3.69. The Hall–Kier alpha value is -2.31. The second-order valence-corrected chi connectivity index (χ2v) is 6.86. The molecule has 0 aliphatic carbocycles. The second-order valence-electron chi connectivity index (χ2n) is 6.86. The summed E-state index contributed by atoms with van der Waals surface area (Å²) in [6, 6.07) is 8.84. The predicted molar refractivity (Wildman–Crippen MR) is 99.3 cm³/mol. The van der Waals surface area contributed by atoms with Crippen molar-refractivity contribution < 1.29 is 9.13 Å². The molecule has 0 spiro atoms. The lowest BCUT2D eigenvalue weighted by molar-refractivity contribution is 0.158. The molecule has 136 valence electrons. The van der Waals surface area contributed by atoms with E-state index >= 15 is 0 Å². The van der Waals surface area contributed by atoms with Gasteiger partial charge in [-0.25, -0.2) is 14.4 Å². The molecule has 1 aromatic carbocycles. The first-order valence-corrected chi connectivity index (χ1v) is 9.02. The number of aromatic nitrogens is 3. The first-order chi connectivity index (χ1) is 12.7. The number of para-hydroxylation sites is 1. The number of imidazole rings is 1. The fraction of sp³-hybridized carbons (Fsp3) is 0.400. The Morgan fingerprint density at radius 2 is 2.19 bits per heavy atom. The van der Waals surface area contributed by atoms with E-state index in [1.165, 1.54) is 12.5 Å². The van der Waals surface area contributed by atoms with Gasteiger partial charge in [0.2, 0.25) is 0 Å². The number of benzene rings is 1. The number of hydrogen-bond acceptors (Lipinski definition) is 4. The van der Waals surface area contributed by atoms with Gasteiger partial charge in [0.15, 0.2) is 5.82 Å². The Bertz CT molecular complexity index is 894. The molecule has 26 heavy (non-hydrogen) atoms. The van der Waals surface area contributed by atoms with Gasteiger partial charge in [0.1, 0.15) is 17.0 Å². The van der Waals surface area contributed by atoms with Crippen LogP contribution >= 0.6 is 0 Å². The van der Waals surface area contributed by atoms with Gasteiger partial charge in [0, 0.05) is 44.5 Å². The summed E-state index contributed by atoms with van der Waals surface area (Å²) in [6.45, 7) is 4.83. The summed E-state index contributed by atoms with van der Waals surface area (Å²) in [5.74, 6) is 1.08. The summed E-state index contributed by atoms with van der Waals surface area (Å²) < 4.78 is 21.4. The van der Waals surface area contributed by atoms with E-state index < -0.39 is 0 Å². The Morgan fingerprint density at radius 1 is 1.27 bits per heavy atom. The molecule has 0 bridgehead atoms. The monoisotopic (exact) mass is 354 g/mol. The van der Waals surface area contributed by atoms with Crippen LogP contribution in [0.3, 0.4) is 0 Å². The van der Waals surface area contributed by atoms with Gasteiger partial charge >= 0.3 is 0 Å². The van der Waals surface area contributed by atoms with Crippen LogP contribution in [0.1, 0.15) is 6.42 Å². The molecule has 1 saturated heterocycles. The minimum absolute atomic E-state index is 0.299. The summed E-state index contributed by atoms with van der Waals surface area (Å²) in [5.41, 5.74) is 1.10. The number of likely N-dealkylation sites (tertiary alicyclic amines) is 1. The normalized spacial score (nSPS) is 18.0. The standard InChI is InChI=1S/C20H23FN4O/c1-26-12-11-24-9-7-15(13-24)14-25-10-8-22-20(25)18-6-5-16-3-2-4-17(21)19(16)23-18/h2-6,8,10,15H,7,9,11-14H2,1H3. The number of pyridine rings is 1. The molecule has 5 nitrogen and oxygen atoms in total. The van der Waals surface area contributed by atoms with E-state index in [0.29, 0.717) is 17.1 Å². The average Bonchev–Trinajstić information content (AvgIpc) is 3.30. The van der Waals surface area contributed by atoms with Crippen molar-refractivity contribution in [1.82, 2.24) is 19.4 Å². The van der Waals surface area contributed by atoms with Crippen LogP contribution in [-0.4, -0.2) is 52.8 Å². The van der Waals surface area contributed by atoms with Crippen molar-refractivity contribution in [1.29, 1.82) is 0 Å². The molecule has 0 amide bonds. The van der Waals surface area contributed by atoms with Gasteiger partial charge < -0.3 is 14.2 Å². The molecule has 1 atom stereocenters. The van der Waals surface area contributed by atoms with Crippen LogP contribution in [-0.2, 0) is 11.3 Å². The van der Waals surface area contributed by atoms with Gasteiger partial charge in [-0.15, -0.1) is 0 Å². The molecule has 3 heterocycles. The smallest absolute Gasteiger partial charge is 0.158 e. The molecule has 0 N–H and O–H groups in total. The zero-order valence-corrected chi connectivity index (χ0v) is 14.9. The predicted octanol–water partition coefficient (Wildman–Crippen LogP) is 3.21. The molecule has 3 aromatic rings. The average molecular weight is 354 g/mol. The number of ether oxygens (including phenoxy) is 1. The number of hydrogen-bond donors (Lipinski definition) is 0. The van der Waals surface area contributed by atoms with Crippen LogP contribution in [0.25, 0.3) is 22.4 Å². The summed E-state index contributed by atoms with van der Waals surface area (Å²) in [4.78, 5) is 11.4. The number of halogens is 1. The quantitative estimate of drug-likeness (QED) is 0.682. The molecule has 6 heteroatoms. The zero-order chi connectivity index (χ0) is 17.9. The highest BCUT2D eigenvalue weighted by atomic mass is 19.1. The summed E-state index contributed by atoms with van der Waals surface area (Å²) in [7, 11) is 1.74. The lowest BCUT2D eigenvalue weighted by Crippen LogP contribution is -2.25. The number of rotatable bonds is 6. The van der Waals surface area contributed by atoms with Crippen molar-refractivity contribution in [3.05, 3.63) is 48.5 Å². The van der Waals surface area contributed by atoms with Gasteiger partial charge in [-0.05, 0) is 31.0 Å².